The topological polar surface area (TPSA) is 44.0 Å². The smallest absolute Gasteiger partial charge is 0.193 e. The number of carbonyl (C=O) groups is 1. The third-order valence-electron chi connectivity index (χ3n) is 2.11. The molecule has 1 aromatic rings. The molecule has 3 heteroatoms. The Morgan fingerprint density at radius 3 is 2.85 bits per heavy atom. The Labute approximate surface area is 77.6 Å². The molecule has 1 heterocycles. The maximum atomic E-state index is 11.2. The van der Waals surface area contributed by atoms with Crippen LogP contribution in [0, 0.1) is 11.1 Å². The van der Waals surface area contributed by atoms with E-state index in [0.717, 1.165) is 4.73 Å². The third-order valence-corrected chi connectivity index (χ3v) is 2.11. The molecule has 0 aliphatic carbocycles. The predicted octanol–water partition coefficient (Wildman–Crippen LogP) is 1.09. The van der Waals surface area contributed by atoms with E-state index in [1.54, 1.807) is 25.1 Å². The second-order valence-corrected chi connectivity index (χ2v) is 3.23. The minimum absolute atomic E-state index is 0.0809. The van der Waals surface area contributed by atoms with E-state index in [2.05, 4.69) is 0 Å². The van der Waals surface area contributed by atoms with Gasteiger partial charge < -0.3 is 5.21 Å². The van der Waals surface area contributed by atoms with Gasteiger partial charge in [0.15, 0.2) is 11.9 Å². The molecule has 0 fully saturated rings. The molecule has 13 heavy (non-hydrogen) atoms. The summed E-state index contributed by atoms with van der Waals surface area (Å²) in [6, 6.07) is 5.22. The third kappa shape index (κ3) is 2.54. The zero-order chi connectivity index (χ0) is 9.84. The van der Waals surface area contributed by atoms with E-state index in [4.69, 9.17) is 0 Å². The molecule has 0 N–H and O–H groups in total. The number of nitrogens with zero attached hydrogens (tertiary/aromatic N) is 1. The molecule has 0 spiro atoms. The average molecular weight is 179 g/mol. The van der Waals surface area contributed by atoms with Crippen LogP contribution in [-0.2, 0) is 11.2 Å². The second kappa shape index (κ2) is 4.03. The first-order chi connectivity index (χ1) is 6.11. The first kappa shape index (κ1) is 9.71. The zero-order valence-corrected chi connectivity index (χ0v) is 7.86. The normalized spacial score (nSPS) is 12.5. The Bertz CT molecular complexity index is 310. The molecular formula is C10H13NO2. The van der Waals surface area contributed by atoms with Crippen molar-refractivity contribution < 1.29 is 9.52 Å². The molecule has 0 amide bonds. The quantitative estimate of drug-likeness (QED) is 0.515. The standard InChI is InChI=1S/C10H13NO2/c1-8(9(2)12)7-10-5-3-4-6-11(10)13/h3-6,8H,7H2,1-2H3/t8-/m0/s1. The Kier molecular flexibility index (Phi) is 3.01. The van der Waals surface area contributed by atoms with Crippen molar-refractivity contribution in [1.29, 1.82) is 0 Å². The number of carbonyl (C=O) groups excluding carboxylic acids is 1. The summed E-state index contributed by atoms with van der Waals surface area (Å²) >= 11 is 0. The van der Waals surface area contributed by atoms with Gasteiger partial charge in [-0.3, -0.25) is 4.79 Å². The van der Waals surface area contributed by atoms with Gasteiger partial charge in [0, 0.05) is 24.5 Å². The fraction of sp³-hybridized carbons (Fsp3) is 0.400. The van der Waals surface area contributed by atoms with Gasteiger partial charge in [-0.15, -0.1) is 0 Å². The summed E-state index contributed by atoms with van der Waals surface area (Å²) < 4.78 is 0.805. The molecule has 3 nitrogen and oxygen atoms in total. The molecule has 0 radical (unpaired) electrons. The average Bonchev–Trinajstić information content (AvgIpc) is 2.08. The number of ketones is 1. The van der Waals surface area contributed by atoms with Crippen LogP contribution in [0.4, 0.5) is 0 Å². The molecule has 1 atom stereocenters. The zero-order valence-electron chi connectivity index (χ0n) is 7.86. The minimum atomic E-state index is -0.0809. The SMILES string of the molecule is CC(=O)[C@@H](C)Cc1cccc[n+]1[O-]. The van der Waals surface area contributed by atoms with Gasteiger partial charge >= 0.3 is 0 Å². The van der Waals surface area contributed by atoms with Crippen molar-refractivity contribution in [3.05, 3.63) is 35.3 Å². The van der Waals surface area contributed by atoms with Gasteiger partial charge in [0.1, 0.15) is 5.78 Å². The largest absolute Gasteiger partial charge is 0.619 e. The molecule has 0 saturated carbocycles. The lowest BCUT2D eigenvalue weighted by molar-refractivity contribution is -0.614. The van der Waals surface area contributed by atoms with Gasteiger partial charge in [0.25, 0.3) is 0 Å². The summed E-state index contributed by atoms with van der Waals surface area (Å²) in [6.45, 7) is 3.37. The van der Waals surface area contributed by atoms with Crippen LogP contribution in [0.2, 0.25) is 0 Å². The van der Waals surface area contributed by atoms with Gasteiger partial charge in [-0.05, 0) is 6.92 Å². The van der Waals surface area contributed by atoms with Crippen molar-refractivity contribution in [3.8, 4) is 0 Å². The van der Waals surface area contributed by atoms with Crippen molar-refractivity contribution in [2.75, 3.05) is 0 Å². The van der Waals surface area contributed by atoms with Crippen LogP contribution in [-0.4, -0.2) is 5.78 Å². The summed E-state index contributed by atoms with van der Waals surface area (Å²) in [4.78, 5) is 10.9. The molecule has 1 rings (SSSR count). The fourth-order valence-corrected chi connectivity index (χ4v) is 1.08. The minimum Gasteiger partial charge on any atom is -0.619 e. The van der Waals surface area contributed by atoms with E-state index < -0.39 is 0 Å². The van der Waals surface area contributed by atoms with Crippen LogP contribution in [0.25, 0.3) is 0 Å². The summed E-state index contributed by atoms with van der Waals surface area (Å²) in [7, 11) is 0. The number of aromatic nitrogens is 1. The molecule has 70 valence electrons. The van der Waals surface area contributed by atoms with E-state index in [1.165, 1.54) is 6.20 Å². The Hall–Kier alpha value is -1.38. The van der Waals surface area contributed by atoms with E-state index in [1.807, 2.05) is 6.92 Å². The highest BCUT2D eigenvalue weighted by molar-refractivity contribution is 5.78. The Balaban J connectivity index is 2.74. The van der Waals surface area contributed by atoms with Crippen LogP contribution in [0.15, 0.2) is 24.4 Å². The van der Waals surface area contributed by atoms with Crippen molar-refractivity contribution in [3.63, 3.8) is 0 Å². The number of Topliss-reactive ketones (excluding diaryl/α,β-unsaturated/α-hetero) is 1. The van der Waals surface area contributed by atoms with E-state index >= 15 is 0 Å². The number of hydrogen-bond donors (Lipinski definition) is 0. The van der Waals surface area contributed by atoms with Gasteiger partial charge in [-0.2, -0.15) is 4.73 Å². The molecule has 0 saturated heterocycles. The lowest BCUT2D eigenvalue weighted by Crippen LogP contribution is -2.32. The maximum Gasteiger partial charge on any atom is 0.193 e. The van der Waals surface area contributed by atoms with E-state index in [-0.39, 0.29) is 11.7 Å². The summed E-state index contributed by atoms with van der Waals surface area (Å²) in [6.07, 6.45) is 1.96. The highest BCUT2D eigenvalue weighted by atomic mass is 16.5. The van der Waals surface area contributed by atoms with Crippen LogP contribution in [0.3, 0.4) is 0 Å². The summed E-state index contributed by atoms with van der Waals surface area (Å²) in [5.41, 5.74) is 0.644. The van der Waals surface area contributed by atoms with Crippen LogP contribution in [0.5, 0.6) is 0 Å². The Morgan fingerprint density at radius 1 is 1.62 bits per heavy atom. The number of hydrogen-bond acceptors (Lipinski definition) is 2. The van der Waals surface area contributed by atoms with Crippen LogP contribution >= 0.6 is 0 Å². The van der Waals surface area contributed by atoms with E-state index in [9.17, 15) is 10.0 Å². The molecule has 0 bridgehead atoms. The first-order valence-electron chi connectivity index (χ1n) is 4.29. The van der Waals surface area contributed by atoms with E-state index in [0.29, 0.717) is 12.1 Å². The second-order valence-electron chi connectivity index (χ2n) is 3.23. The van der Waals surface area contributed by atoms with Crippen molar-refractivity contribution >= 4 is 5.78 Å². The number of rotatable bonds is 3. The monoisotopic (exact) mass is 179 g/mol. The van der Waals surface area contributed by atoms with Gasteiger partial charge in [0.05, 0.1) is 0 Å². The first-order valence-corrected chi connectivity index (χ1v) is 4.29. The van der Waals surface area contributed by atoms with Crippen LogP contribution in [0.1, 0.15) is 19.5 Å². The molecule has 1 aromatic heterocycles. The highest BCUT2D eigenvalue weighted by Gasteiger charge is 2.13. The highest BCUT2D eigenvalue weighted by Crippen LogP contribution is 2.04. The lowest BCUT2D eigenvalue weighted by atomic mass is 10.0. The van der Waals surface area contributed by atoms with Crippen molar-refractivity contribution in [2.24, 2.45) is 5.92 Å². The Morgan fingerprint density at radius 2 is 2.31 bits per heavy atom. The maximum absolute atomic E-state index is 11.2. The van der Waals surface area contributed by atoms with Gasteiger partial charge in [0.2, 0.25) is 0 Å². The molecule has 0 aromatic carbocycles. The van der Waals surface area contributed by atoms with Gasteiger partial charge in [-0.25, -0.2) is 0 Å². The molecule has 0 unspecified atom stereocenters. The number of pyridine rings is 1. The predicted molar refractivity (Wildman–Crippen MR) is 49.0 cm³/mol. The molecular weight excluding hydrogens is 166 g/mol. The summed E-state index contributed by atoms with van der Waals surface area (Å²) in [5, 5.41) is 11.2. The van der Waals surface area contributed by atoms with Gasteiger partial charge in [-0.1, -0.05) is 13.0 Å². The lowest BCUT2D eigenvalue weighted by Gasteiger charge is -2.07. The van der Waals surface area contributed by atoms with Crippen molar-refractivity contribution in [2.45, 2.75) is 20.3 Å². The van der Waals surface area contributed by atoms with Crippen molar-refractivity contribution in [1.82, 2.24) is 0 Å². The molecule has 0 aliphatic rings. The molecule has 0 aliphatic heterocycles. The fourth-order valence-electron chi connectivity index (χ4n) is 1.08. The van der Waals surface area contributed by atoms with Crippen LogP contribution < -0.4 is 4.73 Å². The summed E-state index contributed by atoms with van der Waals surface area (Å²) in [5.74, 6) is 0.0338.